The molecule has 10 nitrogen and oxygen atoms in total. The SMILES string of the molecule is COc1ccc(OC)c(/C=C/C(=O)NC(Cc2ccc(O)cc2)C(=O)Nc2ccc(C(=O)NO)cc2)c1. The first kappa shape index (κ1) is 26.8. The Hall–Kier alpha value is -4.83. The van der Waals surface area contributed by atoms with Gasteiger partial charge in [0.25, 0.3) is 5.91 Å². The molecule has 3 aromatic rings. The number of nitrogens with one attached hydrogen (secondary N) is 3. The Morgan fingerprint density at radius 2 is 1.65 bits per heavy atom. The molecule has 0 radical (unpaired) electrons. The van der Waals surface area contributed by atoms with Crippen LogP contribution in [0.5, 0.6) is 17.2 Å². The van der Waals surface area contributed by atoms with Gasteiger partial charge in [0.15, 0.2) is 0 Å². The van der Waals surface area contributed by atoms with E-state index in [9.17, 15) is 19.5 Å². The van der Waals surface area contributed by atoms with Crippen LogP contribution in [0.1, 0.15) is 21.5 Å². The van der Waals surface area contributed by atoms with Crippen LogP contribution in [-0.2, 0) is 16.0 Å². The second kappa shape index (κ2) is 12.8. The van der Waals surface area contributed by atoms with Gasteiger partial charge in [0, 0.05) is 29.3 Å². The molecule has 3 amide bonds. The Morgan fingerprint density at radius 1 is 0.946 bits per heavy atom. The zero-order chi connectivity index (χ0) is 26.8. The lowest BCUT2D eigenvalue weighted by atomic mass is 10.0. The van der Waals surface area contributed by atoms with Crippen LogP contribution in [0.2, 0.25) is 0 Å². The van der Waals surface area contributed by atoms with E-state index in [1.54, 1.807) is 36.4 Å². The summed E-state index contributed by atoms with van der Waals surface area (Å²) in [6, 6.07) is 16.3. The highest BCUT2D eigenvalue weighted by molar-refractivity contribution is 6.01. The number of anilines is 1. The van der Waals surface area contributed by atoms with E-state index in [2.05, 4.69) is 10.6 Å². The molecule has 0 aromatic heterocycles. The number of benzene rings is 3. The summed E-state index contributed by atoms with van der Waals surface area (Å²) in [7, 11) is 3.05. The van der Waals surface area contributed by atoms with Gasteiger partial charge >= 0.3 is 0 Å². The molecule has 10 heteroatoms. The van der Waals surface area contributed by atoms with Gasteiger partial charge in [-0.2, -0.15) is 0 Å². The lowest BCUT2D eigenvalue weighted by Crippen LogP contribution is -2.44. The topological polar surface area (TPSA) is 146 Å². The fraction of sp³-hybridized carbons (Fsp3) is 0.148. The summed E-state index contributed by atoms with van der Waals surface area (Å²) in [4.78, 5) is 37.4. The quantitative estimate of drug-likeness (QED) is 0.162. The number of rotatable bonds is 10. The molecule has 5 N–H and O–H groups in total. The fourth-order valence-corrected chi connectivity index (χ4v) is 3.43. The Balaban J connectivity index is 1.77. The molecular weight excluding hydrogens is 478 g/mol. The number of phenols is 1. The predicted octanol–water partition coefficient (Wildman–Crippen LogP) is 2.91. The zero-order valence-electron chi connectivity index (χ0n) is 20.2. The summed E-state index contributed by atoms with van der Waals surface area (Å²) in [5.41, 5.74) is 3.46. The van der Waals surface area contributed by atoms with Crippen molar-refractivity contribution in [3.05, 3.63) is 89.5 Å². The van der Waals surface area contributed by atoms with E-state index in [1.165, 1.54) is 62.2 Å². The molecule has 0 aliphatic carbocycles. The van der Waals surface area contributed by atoms with Crippen LogP contribution in [0.25, 0.3) is 6.08 Å². The van der Waals surface area contributed by atoms with Crippen molar-refractivity contribution in [2.45, 2.75) is 12.5 Å². The van der Waals surface area contributed by atoms with E-state index in [4.69, 9.17) is 14.7 Å². The van der Waals surface area contributed by atoms with Gasteiger partial charge in [-0.05, 0) is 66.2 Å². The van der Waals surface area contributed by atoms with Crippen LogP contribution in [-0.4, -0.2) is 48.3 Å². The van der Waals surface area contributed by atoms with Crippen molar-refractivity contribution in [2.24, 2.45) is 0 Å². The Morgan fingerprint density at radius 3 is 2.27 bits per heavy atom. The Kier molecular flexibility index (Phi) is 9.23. The largest absolute Gasteiger partial charge is 0.508 e. The monoisotopic (exact) mass is 505 g/mol. The molecule has 192 valence electrons. The van der Waals surface area contributed by atoms with Crippen LogP contribution < -0.4 is 25.6 Å². The van der Waals surface area contributed by atoms with Crippen molar-refractivity contribution < 1.29 is 34.2 Å². The summed E-state index contributed by atoms with van der Waals surface area (Å²) in [5, 5.41) is 23.7. The fourth-order valence-electron chi connectivity index (χ4n) is 3.43. The number of aromatic hydroxyl groups is 1. The molecular formula is C27H27N3O7. The van der Waals surface area contributed by atoms with Crippen molar-refractivity contribution in [2.75, 3.05) is 19.5 Å². The van der Waals surface area contributed by atoms with Gasteiger partial charge in [0.2, 0.25) is 11.8 Å². The van der Waals surface area contributed by atoms with E-state index in [0.717, 1.165) is 0 Å². The van der Waals surface area contributed by atoms with Crippen LogP contribution in [0.3, 0.4) is 0 Å². The van der Waals surface area contributed by atoms with E-state index >= 15 is 0 Å². The van der Waals surface area contributed by atoms with Crippen LogP contribution in [0.4, 0.5) is 5.69 Å². The van der Waals surface area contributed by atoms with Gasteiger partial charge < -0.3 is 25.2 Å². The second-order valence-corrected chi connectivity index (χ2v) is 7.88. The molecule has 37 heavy (non-hydrogen) atoms. The third kappa shape index (κ3) is 7.58. The third-order valence-corrected chi connectivity index (χ3v) is 5.38. The highest BCUT2D eigenvalue weighted by atomic mass is 16.5. The van der Waals surface area contributed by atoms with Crippen LogP contribution >= 0.6 is 0 Å². The molecule has 0 aliphatic rings. The van der Waals surface area contributed by atoms with E-state index < -0.39 is 23.8 Å². The maximum Gasteiger partial charge on any atom is 0.274 e. The normalized spacial score (nSPS) is 11.4. The molecule has 0 heterocycles. The van der Waals surface area contributed by atoms with Gasteiger partial charge in [-0.25, -0.2) is 5.48 Å². The summed E-state index contributed by atoms with van der Waals surface area (Å²) in [6.45, 7) is 0. The van der Waals surface area contributed by atoms with Gasteiger partial charge in [0.05, 0.1) is 14.2 Å². The molecule has 3 aromatic carbocycles. The van der Waals surface area contributed by atoms with Crippen LogP contribution in [0, 0.1) is 0 Å². The molecule has 3 rings (SSSR count). The molecule has 0 aliphatic heterocycles. The molecule has 1 atom stereocenters. The zero-order valence-corrected chi connectivity index (χ0v) is 20.2. The van der Waals surface area contributed by atoms with Gasteiger partial charge in [-0.1, -0.05) is 12.1 Å². The first-order valence-corrected chi connectivity index (χ1v) is 11.2. The maximum absolute atomic E-state index is 13.1. The summed E-state index contributed by atoms with van der Waals surface area (Å²) < 4.78 is 10.5. The molecule has 0 saturated carbocycles. The summed E-state index contributed by atoms with van der Waals surface area (Å²) in [6.07, 6.45) is 2.99. The molecule has 1 unspecified atom stereocenters. The number of carbonyl (C=O) groups is 3. The van der Waals surface area contributed by atoms with Gasteiger partial charge in [0.1, 0.15) is 23.3 Å². The predicted molar refractivity (Wildman–Crippen MR) is 137 cm³/mol. The van der Waals surface area contributed by atoms with Crippen molar-refractivity contribution in [1.29, 1.82) is 0 Å². The summed E-state index contributed by atoms with van der Waals surface area (Å²) >= 11 is 0. The number of carbonyl (C=O) groups excluding carboxylic acids is 3. The standard InChI is InChI=1S/C27H27N3O7/c1-36-22-12-13-24(37-2)19(16-22)7-14-25(32)29-23(15-17-3-10-21(31)11-4-17)27(34)28-20-8-5-18(6-9-20)26(33)30-35/h3-14,16,23,31,35H,15H2,1-2H3,(H,28,34)(H,29,32)(H,30,33)/b14-7+. The number of amides is 3. The highest BCUT2D eigenvalue weighted by Gasteiger charge is 2.21. The first-order chi connectivity index (χ1) is 17.8. The third-order valence-electron chi connectivity index (χ3n) is 5.38. The minimum absolute atomic E-state index is 0.0796. The van der Waals surface area contributed by atoms with Gasteiger partial charge in [-0.3, -0.25) is 19.6 Å². The van der Waals surface area contributed by atoms with Gasteiger partial charge in [-0.15, -0.1) is 0 Å². The van der Waals surface area contributed by atoms with Crippen molar-refractivity contribution in [3.8, 4) is 17.2 Å². The highest BCUT2D eigenvalue weighted by Crippen LogP contribution is 2.25. The van der Waals surface area contributed by atoms with Crippen LogP contribution in [0.15, 0.2) is 72.8 Å². The number of hydroxylamine groups is 1. The number of phenolic OH excluding ortho intramolecular Hbond substituents is 1. The average molecular weight is 506 g/mol. The van der Waals surface area contributed by atoms with Crippen molar-refractivity contribution in [3.63, 3.8) is 0 Å². The van der Waals surface area contributed by atoms with E-state index in [0.29, 0.717) is 28.3 Å². The van der Waals surface area contributed by atoms with Crippen molar-refractivity contribution >= 4 is 29.5 Å². The lowest BCUT2D eigenvalue weighted by molar-refractivity contribution is -0.123. The molecule has 0 spiro atoms. The Labute approximate surface area is 213 Å². The average Bonchev–Trinajstić information content (AvgIpc) is 2.92. The number of methoxy groups -OCH3 is 2. The Bertz CT molecular complexity index is 1270. The second-order valence-electron chi connectivity index (χ2n) is 7.88. The minimum atomic E-state index is -0.964. The van der Waals surface area contributed by atoms with Crippen molar-refractivity contribution in [1.82, 2.24) is 10.8 Å². The van der Waals surface area contributed by atoms with E-state index in [1.807, 2.05) is 0 Å². The smallest absolute Gasteiger partial charge is 0.274 e. The lowest BCUT2D eigenvalue weighted by Gasteiger charge is -2.18. The maximum atomic E-state index is 13.1. The summed E-state index contributed by atoms with van der Waals surface area (Å²) in [5.74, 6) is -0.479. The number of hydrogen-bond acceptors (Lipinski definition) is 7. The minimum Gasteiger partial charge on any atom is -0.508 e. The molecule has 0 fully saturated rings. The first-order valence-electron chi connectivity index (χ1n) is 11.2. The number of ether oxygens (including phenoxy) is 2. The number of hydrogen-bond donors (Lipinski definition) is 5. The molecule has 0 saturated heterocycles. The molecule has 0 bridgehead atoms. The van der Waals surface area contributed by atoms with E-state index in [-0.39, 0.29) is 17.7 Å².